The van der Waals surface area contributed by atoms with Gasteiger partial charge in [0.25, 0.3) is 11.8 Å². The summed E-state index contributed by atoms with van der Waals surface area (Å²) in [7, 11) is 4.86. The molecule has 9 nitrogen and oxygen atoms in total. The van der Waals surface area contributed by atoms with E-state index in [0.29, 0.717) is 41.4 Å². The van der Waals surface area contributed by atoms with E-state index in [-0.39, 0.29) is 42.4 Å². The van der Waals surface area contributed by atoms with Gasteiger partial charge < -0.3 is 29.3 Å². The average Bonchev–Trinajstić information content (AvgIpc) is 2.87. The summed E-state index contributed by atoms with van der Waals surface area (Å²) in [5, 5.41) is 2.85. The molecule has 36 heavy (non-hydrogen) atoms. The Morgan fingerprint density at radius 1 is 1.08 bits per heavy atom. The number of nitrogens with zero attached hydrogens (tertiary/aromatic N) is 2. The Bertz CT molecular complexity index is 1100. The van der Waals surface area contributed by atoms with E-state index in [4.69, 9.17) is 14.2 Å². The molecule has 0 saturated heterocycles. The molecule has 1 aliphatic rings. The van der Waals surface area contributed by atoms with Crippen molar-refractivity contribution in [2.75, 3.05) is 46.3 Å². The first-order valence-electron chi connectivity index (χ1n) is 11.9. The zero-order valence-corrected chi connectivity index (χ0v) is 21.7. The van der Waals surface area contributed by atoms with Crippen LogP contribution in [0, 0.1) is 5.92 Å². The molecule has 1 N–H and O–H groups in total. The molecule has 2 aromatic rings. The van der Waals surface area contributed by atoms with Gasteiger partial charge in [0.2, 0.25) is 5.91 Å². The lowest BCUT2D eigenvalue weighted by Gasteiger charge is -2.35. The Hall–Kier alpha value is -3.59. The first-order chi connectivity index (χ1) is 17.1. The highest BCUT2D eigenvalue weighted by Gasteiger charge is 2.29. The van der Waals surface area contributed by atoms with Crippen LogP contribution in [0.15, 0.2) is 42.5 Å². The van der Waals surface area contributed by atoms with Crippen molar-refractivity contribution in [1.29, 1.82) is 0 Å². The molecule has 1 aliphatic heterocycles. The number of carbonyl (C=O) groups excluding carboxylic acids is 3. The summed E-state index contributed by atoms with van der Waals surface area (Å²) >= 11 is 0. The molecule has 3 rings (SSSR count). The second kappa shape index (κ2) is 11.9. The topological polar surface area (TPSA) is 97.4 Å². The van der Waals surface area contributed by atoms with E-state index in [0.717, 1.165) is 0 Å². The normalized spacial score (nSPS) is 20.9. The molecule has 0 bridgehead atoms. The van der Waals surface area contributed by atoms with Crippen LogP contribution < -0.4 is 14.8 Å². The van der Waals surface area contributed by atoms with E-state index in [1.54, 1.807) is 66.4 Å². The molecular weight excluding hydrogens is 462 g/mol. The fourth-order valence-electron chi connectivity index (χ4n) is 4.26. The lowest BCUT2D eigenvalue weighted by Crippen LogP contribution is -2.48. The van der Waals surface area contributed by atoms with Gasteiger partial charge in [-0.15, -0.1) is 0 Å². The SMILES string of the molecule is COc1cccc(C(=O)Nc2ccc3c(c2)OC[C@@H](C)N(C(C)=O)C[C@H](C)[C@@H](OC)CN(C)C3=O)c1. The van der Waals surface area contributed by atoms with E-state index in [1.807, 2.05) is 13.8 Å². The number of hydrogen-bond donors (Lipinski definition) is 1. The third-order valence-electron chi connectivity index (χ3n) is 6.44. The van der Waals surface area contributed by atoms with Gasteiger partial charge in [0.05, 0.1) is 24.8 Å². The molecular formula is C27H35N3O6. The van der Waals surface area contributed by atoms with E-state index in [9.17, 15) is 14.4 Å². The fourth-order valence-corrected chi connectivity index (χ4v) is 4.26. The number of amides is 3. The monoisotopic (exact) mass is 497 g/mol. The average molecular weight is 498 g/mol. The van der Waals surface area contributed by atoms with Crippen molar-refractivity contribution in [1.82, 2.24) is 9.80 Å². The van der Waals surface area contributed by atoms with Gasteiger partial charge in [0.1, 0.15) is 18.1 Å². The summed E-state index contributed by atoms with van der Waals surface area (Å²) in [4.78, 5) is 41.9. The third kappa shape index (κ3) is 6.34. The van der Waals surface area contributed by atoms with Crippen LogP contribution in [0.2, 0.25) is 0 Å². The van der Waals surface area contributed by atoms with Gasteiger partial charge in [-0.2, -0.15) is 0 Å². The van der Waals surface area contributed by atoms with Crippen molar-refractivity contribution in [3.8, 4) is 11.5 Å². The van der Waals surface area contributed by atoms with Gasteiger partial charge in [-0.3, -0.25) is 14.4 Å². The Balaban J connectivity index is 1.93. The van der Waals surface area contributed by atoms with Crippen molar-refractivity contribution in [2.24, 2.45) is 5.92 Å². The number of rotatable bonds is 4. The maximum absolute atomic E-state index is 13.3. The molecule has 0 radical (unpaired) electrons. The molecule has 0 aromatic heterocycles. The lowest BCUT2D eigenvalue weighted by molar-refractivity contribution is -0.133. The zero-order valence-electron chi connectivity index (χ0n) is 21.7. The predicted molar refractivity (Wildman–Crippen MR) is 137 cm³/mol. The first-order valence-corrected chi connectivity index (χ1v) is 11.9. The van der Waals surface area contributed by atoms with Gasteiger partial charge in [0, 0.05) is 57.4 Å². The fraction of sp³-hybridized carbons (Fsp3) is 0.444. The maximum Gasteiger partial charge on any atom is 0.257 e. The molecule has 0 unspecified atom stereocenters. The van der Waals surface area contributed by atoms with E-state index in [1.165, 1.54) is 14.0 Å². The summed E-state index contributed by atoms with van der Waals surface area (Å²) in [5.74, 6) is 0.302. The molecule has 0 aliphatic carbocycles. The second-order valence-electron chi connectivity index (χ2n) is 9.17. The van der Waals surface area contributed by atoms with E-state index in [2.05, 4.69) is 5.32 Å². The van der Waals surface area contributed by atoms with Crippen molar-refractivity contribution >= 4 is 23.4 Å². The minimum absolute atomic E-state index is 0.00435. The summed E-state index contributed by atoms with van der Waals surface area (Å²) in [5.41, 5.74) is 1.27. The van der Waals surface area contributed by atoms with Crippen molar-refractivity contribution in [3.05, 3.63) is 53.6 Å². The van der Waals surface area contributed by atoms with Crippen molar-refractivity contribution < 1.29 is 28.6 Å². The van der Waals surface area contributed by atoms with Crippen LogP contribution >= 0.6 is 0 Å². The minimum Gasteiger partial charge on any atom is -0.497 e. The number of anilines is 1. The molecule has 194 valence electrons. The second-order valence-corrected chi connectivity index (χ2v) is 9.17. The highest BCUT2D eigenvalue weighted by Crippen LogP contribution is 2.27. The van der Waals surface area contributed by atoms with Crippen LogP contribution in [0.4, 0.5) is 5.69 Å². The molecule has 0 fully saturated rings. The van der Waals surface area contributed by atoms with Crippen LogP contribution in [-0.2, 0) is 9.53 Å². The number of benzene rings is 2. The summed E-state index contributed by atoms with van der Waals surface area (Å²) in [6.45, 7) is 6.46. The lowest BCUT2D eigenvalue weighted by atomic mass is 10.0. The Labute approximate surface area is 212 Å². The summed E-state index contributed by atoms with van der Waals surface area (Å²) < 4.78 is 17.0. The highest BCUT2D eigenvalue weighted by atomic mass is 16.5. The predicted octanol–water partition coefficient (Wildman–Crippen LogP) is 3.30. The quantitative estimate of drug-likeness (QED) is 0.696. The van der Waals surface area contributed by atoms with Gasteiger partial charge in [-0.05, 0) is 37.3 Å². The molecule has 3 atom stereocenters. The maximum atomic E-state index is 13.3. The van der Waals surface area contributed by atoms with Gasteiger partial charge >= 0.3 is 0 Å². The molecule has 9 heteroatoms. The molecule has 2 aromatic carbocycles. The van der Waals surface area contributed by atoms with Crippen LogP contribution in [0.3, 0.4) is 0 Å². The number of fused-ring (bicyclic) bond motifs is 1. The van der Waals surface area contributed by atoms with Crippen LogP contribution in [0.25, 0.3) is 0 Å². The number of carbonyl (C=O) groups is 3. The Morgan fingerprint density at radius 3 is 2.50 bits per heavy atom. The van der Waals surface area contributed by atoms with Crippen LogP contribution in [0.5, 0.6) is 11.5 Å². The zero-order chi connectivity index (χ0) is 26.4. The molecule has 0 spiro atoms. The number of likely N-dealkylation sites (N-methyl/N-ethyl adjacent to an activating group) is 1. The smallest absolute Gasteiger partial charge is 0.257 e. The van der Waals surface area contributed by atoms with E-state index < -0.39 is 0 Å². The molecule has 1 heterocycles. The summed E-state index contributed by atoms with van der Waals surface area (Å²) in [6.07, 6.45) is -0.252. The number of methoxy groups -OCH3 is 2. The summed E-state index contributed by atoms with van der Waals surface area (Å²) in [6, 6.07) is 11.5. The van der Waals surface area contributed by atoms with Crippen LogP contribution in [-0.4, -0.2) is 80.6 Å². The standard InChI is InChI=1S/C27H35N3O6/c1-17-14-30(19(3)31)18(2)16-36-24-13-21(28-26(32)20-8-7-9-22(12-20)34-5)10-11-23(24)27(33)29(4)15-25(17)35-6/h7-13,17-18,25H,14-16H2,1-6H3,(H,28,32)/t17-,18+,25-/m0/s1. The number of nitrogens with one attached hydrogen (secondary N) is 1. The largest absolute Gasteiger partial charge is 0.497 e. The van der Waals surface area contributed by atoms with Gasteiger partial charge in [-0.25, -0.2) is 0 Å². The van der Waals surface area contributed by atoms with Gasteiger partial charge in [-0.1, -0.05) is 13.0 Å². The minimum atomic E-state index is -0.321. The molecule has 3 amide bonds. The highest BCUT2D eigenvalue weighted by molar-refractivity contribution is 6.05. The number of hydrogen-bond acceptors (Lipinski definition) is 6. The van der Waals surface area contributed by atoms with Crippen molar-refractivity contribution in [2.45, 2.75) is 32.9 Å². The van der Waals surface area contributed by atoms with E-state index >= 15 is 0 Å². The number of ether oxygens (including phenoxy) is 3. The third-order valence-corrected chi connectivity index (χ3v) is 6.44. The Morgan fingerprint density at radius 2 is 1.83 bits per heavy atom. The van der Waals surface area contributed by atoms with Crippen molar-refractivity contribution in [3.63, 3.8) is 0 Å². The first kappa shape index (κ1) is 27.0. The molecule has 0 saturated carbocycles. The Kier molecular flexibility index (Phi) is 8.93. The van der Waals surface area contributed by atoms with Gasteiger partial charge in [0.15, 0.2) is 0 Å². The van der Waals surface area contributed by atoms with Crippen LogP contribution in [0.1, 0.15) is 41.5 Å².